The van der Waals surface area contributed by atoms with E-state index in [1.807, 2.05) is 20.8 Å². The summed E-state index contributed by atoms with van der Waals surface area (Å²) in [5.74, 6) is 0.102. The van der Waals surface area contributed by atoms with Gasteiger partial charge in [0.25, 0.3) is 0 Å². The monoisotopic (exact) mass is 247 g/mol. The molecule has 0 aromatic rings. The van der Waals surface area contributed by atoms with Crippen LogP contribution in [0.25, 0.3) is 0 Å². The van der Waals surface area contributed by atoms with Crippen molar-refractivity contribution < 1.29 is 13.2 Å². The van der Waals surface area contributed by atoms with E-state index in [4.69, 9.17) is 0 Å². The number of carbonyl (C=O) groups is 1. The van der Waals surface area contributed by atoms with E-state index in [2.05, 4.69) is 0 Å². The number of carbonyl (C=O) groups excluding carboxylic acids is 1. The molecule has 94 valence electrons. The lowest BCUT2D eigenvalue weighted by molar-refractivity contribution is -0.111. The maximum Gasteiger partial charge on any atom is 0.215 e. The van der Waals surface area contributed by atoms with Gasteiger partial charge in [-0.05, 0) is 18.3 Å². The minimum atomic E-state index is -3.30. The van der Waals surface area contributed by atoms with Crippen LogP contribution in [0.5, 0.6) is 0 Å². The Morgan fingerprint density at radius 1 is 1.31 bits per heavy atom. The second-order valence-corrected chi connectivity index (χ2v) is 7.55. The molecular formula is C11H21NO3S. The van der Waals surface area contributed by atoms with Crippen LogP contribution in [-0.2, 0) is 14.8 Å². The van der Waals surface area contributed by atoms with E-state index in [1.54, 1.807) is 0 Å². The molecule has 1 unspecified atom stereocenters. The van der Waals surface area contributed by atoms with Gasteiger partial charge in [0, 0.05) is 6.54 Å². The number of sulfonamides is 1. The molecule has 0 bridgehead atoms. The summed E-state index contributed by atoms with van der Waals surface area (Å²) >= 11 is 0. The van der Waals surface area contributed by atoms with Crippen molar-refractivity contribution in [2.45, 2.75) is 46.1 Å². The molecule has 1 saturated heterocycles. The summed E-state index contributed by atoms with van der Waals surface area (Å²) in [6, 6.07) is -0.443. The highest BCUT2D eigenvalue weighted by atomic mass is 32.2. The molecule has 4 nitrogen and oxygen atoms in total. The summed E-state index contributed by atoms with van der Waals surface area (Å²) in [6.07, 6.45) is 3.21. The lowest BCUT2D eigenvalue weighted by Gasteiger charge is -2.33. The zero-order chi connectivity index (χ0) is 12.4. The van der Waals surface area contributed by atoms with Crippen molar-refractivity contribution in [1.29, 1.82) is 0 Å². The first-order valence-electron chi connectivity index (χ1n) is 5.71. The molecule has 0 amide bonds. The van der Waals surface area contributed by atoms with Crippen LogP contribution in [0.2, 0.25) is 0 Å². The summed E-state index contributed by atoms with van der Waals surface area (Å²) in [5, 5.41) is 0. The van der Waals surface area contributed by atoms with Crippen LogP contribution in [-0.4, -0.2) is 37.3 Å². The first-order chi connectivity index (χ1) is 7.26. The van der Waals surface area contributed by atoms with Gasteiger partial charge in [0.1, 0.15) is 6.29 Å². The maximum atomic E-state index is 12.1. The van der Waals surface area contributed by atoms with E-state index < -0.39 is 16.1 Å². The summed E-state index contributed by atoms with van der Waals surface area (Å²) < 4.78 is 25.7. The molecule has 1 aliphatic rings. The van der Waals surface area contributed by atoms with Gasteiger partial charge in [-0.3, -0.25) is 0 Å². The number of aldehydes is 1. The summed E-state index contributed by atoms with van der Waals surface area (Å²) in [6.45, 7) is 6.17. The van der Waals surface area contributed by atoms with Crippen molar-refractivity contribution in [1.82, 2.24) is 4.31 Å². The smallest absolute Gasteiger partial charge is 0.215 e. The largest absolute Gasteiger partial charge is 0.302 e. The van der Waals surface area contributed by atoms with Crippen molar-refractivity contribution in [3.63, 3.8) is 0 Å². The molecule has 0 saturated carbocycles. The van der Waals surface area contributed by atoms with Crippen molar-refractivity contribution in [2.75, 3.05) is 12.3 Å². The third-order valence-corrected chi connectivity index (χ3v) is 5.03. The zero-order valence-corrected chi connectivity index (χ0v) is 11.1. The molecule has 1 heterocycles. The number of hydrogen-bond donors (Lipinski definition) is 0. The second-order valence-electron chi connectivity index (χ2n) is 5.63. The Morgan fingerprint density at radius 2 is 1.94 bits per heavy atom. The van der Waals surface area contributed by atoms with E-state index in [-0.39, 0.29) is 11.2 Å². The summed E-state index contributed by atoms with van der Waals surface area (Å²) in [4.78, 5) is 10.9. The third-order valence-electron chi connectivity index (χ3n) is 2.63. The van der Waals surface area contributed by atoms with Crippen molar-refractivity contribution in [2.24, 2.45) is 5.41 Å². The minimum absolute atomic E-state index is 0.102. The van der Waals surface area contributed by atoms with Gasteiger partial charge in [0.15, 0.2) is 0 Å². The predicted molar refractivity (Wildman–Crippen MR) is 63.7 cm³/mol. The first-order valence-corrected chi connectivity index (χ1v) is 7.32. The normalized spacial score (nSPS) is 24.3. The van der Waals surface area contributed by atoms with Crippen LogP contribution < -0.4 is 0 Å². The van der Waals surface area contributed by atoms with Gasteiger partial charge in [-0.15, -0.1) is 0 Å². The highest BCUT2D eigenvalue weighted by molar-refractivity contribution is 7.89. The van der Waals surface area contributed by atoms with E-state index >= 15 is 0 Å². The SMILES string of the molecule is CC(C)(C)CS(=O)(=O)N1CCCCC1C=O. The first kappa shape index (κ1) is 13.6. The number of hydrogen-bond acceptors (Lipinski definition) is 3. The van der Waals surface area contributed by atoms with Crippen molar-refractivity contribution in [3.05, 3.63) is 0 Å². The molecule has 0 aromatic heterocycles. The molecule has 1 fully saturated rings. The van der Waals surface area contributed by atoms with Crippen LogP contribution in [0.3, 0.4) is 0 Å². The van der Waals surface area contributed by atoms with Crippen LogP contribution in [0.15, 0.2) is 0 Å². The molecule has 5 heteroatoms. The quantitative estimate of drug-likeness (QED) is 0.709. The van der Waals surface area contributed by atoms with Crippen molar-refractivity contribution >= 4 is 16.3 Å². The molecular weight excluding hydrogens is 226 g/mol. The number of nitrogens with zero attached hydrogens (tertiary/aromatic N) is 1. The molecule has 1 atom stereocenters. The highest BCUT2D eigenvalue weighted by Crippen LogP contribution is 2.24. The summed E-state index contributed by atoms with van der Waals surface area (Å²) in [5.41, 5.74) is -0.274. The van der Waals surface area contributed by atoms with Crippen LogP contribution in [0, 0.1) is 5.41 Å². The fourth-order valence-corrected chi connectivity index (χ4v) is 4.28. The Kier molecular flexibility index (Phi) is 4.12. The molecule has 0 N–H and O–H groups in total. The fourth-order valence-electron chi connectivity index (χ4n) is 2.04. The Morgan fingerprint density at radius 3 is 2.44 bits per heavy atom. The molecule has 1 rings (SSSR count). The van der Waals surface area contributed by atoms with Crippen LogP contribution in [0.4, 0.5) is 0 Å². The molecule has 0 spiro atoms. The molecule has 1 aliphatic heterocycles. The Labute approximate surface area is 98.1 Å². The molecule has 16 heavy (non-hydrogen) atoms. The molecule has 0 aromatic carbocycles. The lowest BCUT2D eigenvalue weighted by atomic mass is 10.0. The van der Waals surface area contributed by atoms with Gasteiger partial charge in [-0.2, -0.15) is 4.31 Å². The van der Waals surface area contributed by atoms with E-state index in [9.17, 15) is 13.2 Å². The summed E-state index contributed by atoms with van der Waals surface area (Å²) in [7, 11) is -3.30. The van der Waals surface area contributed by atoms with Gasteiger partial charge >= 0.3 is 0 Å². The average molecular weight is 247 g/mol. The van der Waals surface area contributed by atoms with Crippen LogP contribution >= 0.6 is 0 Å². The van der Waals surface area contributed by atoms with Gasteiger partial charge in [-0.1, -0.05) is 27.2 Å². The van der Waals surface area contributed by atoms with Gasteiger partial charge in [-0.25, -0.2) is 8.42 Å². The fraction of sp³-hybridized carbons (Fsp3) is 0.909. The standard InChI is InChI=1S/C11H21NO3S/c1-11(2,3)9-16(14,15)12-7-5-4-6-10(12)8-13/h8,10H,4-7,9H2,1-3H3. The van der Waals surface area contributed by atoms with Gasteiger partial charge in [0.05, 0.1) is 11.8 Å². The Balaban J connectivity index is 2.84. The number of piperidine rings is 1. The highest BCUT2D eigenvalue weighted by Gasteiger charge is 2.34. The van der Waals surface area contributed by atoms with Gasteiger partial charge < -0.3 is 4.79 Å². The average Bonchev–Trinajstić information content (AvgIpc) is 2.14. The maximum absolute atomic E-state index is 12.1. The number of rotatable bonds is 3. The van der Waals surface area contributed by atoms with E-state index in [0.29, 0.717) is 13.0 Å². The predicted octanol–water partition coefficient (Wildman–Crippen LogP) is 1.42. The minimum Gasteiger partial charge on any atom is -0.302 e. The Hall–Kier alpha value is -0.420. The lowest BCUT2D eigenvalue weighted by Crippen LogP contribution is -2.47. The second kappa shape index (κ2) is 4.84. The van der Waals surface area contributed by atoms with E-state index in [1.165, 1.54) is 4.31 Å². The van der Waals surface area contributed by atoms with Crippen molar-refractivity contribution in [3.8, 4) is 0 Å². The third kappa shape index (κ3) is 3.56. The molecule has 0 aliphatic carbocycles. The molecule has 0 radical (unpaired) electrons. The van der Waals surface area contributed by atoms with E-state index in [0.717, 1.165) is 19.1 Å². The topological polar surface area (TPSA) is 54.5 Å². The zero-order valence-electron chi connectivity index (χ0n) is 10.3. The van der Waals surface area contributed by atoms with Crippen LogP contribution in [0.1, 0.15) is 40.0 Å². The van der Waals surface area contributed by atoms with Gasteiger partial charge in [0.2, 0.25) is 10.0 Å². The Bertz CT molecular complexity index is 343.